The van der Waals surface area contributed by atoms with Gasteiger partial charge in [-0.05, 0) is 25.1 Å². The van der Waals surface area contributed by atoms with Crippen LogP contribution in [0.5, 0.6) is 0 Å². The first kappa shape index (κ1) is 13.1. The van der Waals surface area contributed by atoms with E-state index in [1.807, 2.05) is 31.3 Å². The van der Waals surface area contributed by atoms with Crippen molar-refractivity contribution in [3.8, 4) is 0 Å². The number of nitrogens with zero attached hydrogens (tertiary/aromatic N) is 3. The van der Waals surface area contributed by atoms with Gasteiger partial charge in [0.15, 0.2) is 0 Å². The number of amides is 1. The zero-order valence-electron chi connectivity index (χ0n) is 10.8. The molecule has 0 aliphatic rings. The van der Waals surface area contributed by atoms with Crippen molar-refractivity contribution in [2.75, 3.05) is 18.4 Å². The van der Waals surface area contributed by atoms with E-state index in [0.717, 1.165) is 6.54 Å². The summed E-state index contributed by atoms with van der Waals surface area (Å²) in [5.74, 6) is 0.536. The zero-order chi connectivity index (χ0) is 13.5. The molecule has 0 spiro atoms. The first-order valence-electron chi connectivity index (χ1n) is 6.26. The molecule has 2 rings (SSSR count). The van der Waals surface area contributed by atoms with E-state index in [1.54, 1.807) is 16.9 Å². The van der Waals surface area contributed by atoms with Crippen LogP contribution in [0.3, 0.4) is 0 Å². The lowest BCUT2D eigenvalue weighted by Crippen LogP contribution is -2.28. The number of hydrogen-bond acceptors (Lipinski definition) is 4. The average molecular weight is 259 g/mol. The molecule has 2 heterocycles. The Morgan fingerprint density at radius 1 is 1.37 bits per heavy atom. The number of rotatable bonds is 6. The van der Waals surface area contributed by atoms with E-state index in [-0.39, 0.29) is 5.91 Å². The Kier molecular flexibility index (Phi) is 4.49. The Labute approximate surface area is 111 Å². The normalized spacial score (nSPS) is 10.2. The van der Waals surface area contributed by atoms with Gasteiger partial charge >= 0.3 is 0 Å². The number of anilines is 1. The summed E-state index contributed by atoms with van der Waals surface area (Å²) in [6, 6.07) is 7.20. The molecule has 6 heteroatoms. The first-order chi connectivity index (χ1) is 9.29. The zero-order valence-corrected chi connectivity index (χ0v) is 10.8. The van der Waals surface area contributed by atoms with Crippen LogP contribution < -0.4 is 10.6 Å². The summed E-state index contributed by atoms with van der Waals surface area (Å²) in [4.78, 5) is 16.1. The SMILES string of the molecule is CCNc1cccc(C(=O)NCCn2cccn2)n1. The molecule has 19 heavy (non-hydrogen) atoms. The smallest absolute Gasteiger partial charge is 0.270 e. The van der Waals surface area contributed by atoms with Crippen molar-refractivity contribution in [1.29, 1.82) is 0 Å². The lowest BCUT2D eigenvalue weighted by Gasteiger charge is -2.07. The van der Waals surface area contributed by atoms with Gasteiger partial charge in [-0.3, -0.25) is 9.48 Å². The van der Waals surface area contributed by atoms with Gasteiger partial charge in [0.2, 0.25) is 0 Å². The van der Waals surface area contributed by atoms with E-state index in [0.29, 0.717) is 24.6 Å². The summed E-state index contributed by atoms with van der Waals surface area (Å²) in [5.41, 5.74) is 0.416. The summed E-state index contributed by atoms with van der Waals surface area (Å²) < 4.78 is 1.77. The third-order valence-corrected chi connectivity index (χ3v) is 2.53. The van der Waals surface area contributed by atoms with Gasteiger partial charge in [-0.15, -0.1) is 0 Å². The van der Waals surface area contributed by atoms with E-state index in [2.05, 4.69) is 20.7 Å². The highest BCUT2D eigenvalue weighted by Crippen LogP contribution is 2.04. The number of nitrogens with one attached hydrogen (secondary N) is 2. The lowest BCUT2D eigenvalue weighted by molar-refractivity contribution is 0.0947. The maximum absolute atomic E-state index is 11.9. The third kappa shape index (κ3) is 3.80. The molecule has 0 aromatic carbocycles. The predicted octanol–water partition coefficient (Wildman–Crippen LogP) is 1.14. The number of hydrogen-bond donors (Lipinski definition) is 2. The van der Waals surface area contributed by atoms with E-state index in [9.17, 15) is 4.79 Å². The van der Waals surface area contributed by atoms with Crippen LogP contribution in [0.15, 0.2) is 36.7 Å². The number of pyridine rings is 1. The average Bonchev–Trinajstić information content (AvgIpc) is 2.92. The van der Waals surface area contributed by atoms with Crippen LogP contribution >= 0.6 is 0 Å². The van der Waals surface area contributed by atoms with Gasteiger partial charge in [0, 0.05) is 25.5 Å². The fourth-order valence-electron chi connectivity index (χ4n) is 1.65. The molecule has 0 radical (unpaired) electrons. The van der Waals surface area contributed by atoms with Crippen LogP contribution in [0.4, 0.5) is 5.82 Å². The minimum absolute atomic E-state index is 0.174. The molecule has 0 saturated carbocycles. The second kappa shape index (κ2) is 6.53. The number of carbonyl (C=O) groups excluding carboxylic acids is 1. The molecule has 100 valence electrons. The first-order valence-corrected chi connectivity index (χ1v) is 6.26. The quantitative estimate of drug-likeness (QED) is 0.816. The van der Waals surface area contributed by atoms with Crippen LogP contribution in [0.25, 0.3) is 0 Å². The largest absolute Gasteiger partial charge is 0.370 e. The number of aromatic nitrogens is 3. The molecular weight excluding hydrogens is 242 g/mol. The Balaban J connectivity index is 1.87. The molecule has 0 atom stereocenters. The number of carbonyl (C=O) groups is 1. The van der Waals surface area contributed by atoms with Crippen LogP contribution in [-0.2, 0) is 6.54 Å². The predicted molar refractivity (Wildman–Crippen MR) is 73.0 cm³/mol. The lowest BCUT2D eigenvalue weighted by atomic mass is 10.3. The molecule has 0 unspecified atom stereocenters. The van der Waals surface area contributed by atoms with Crippen molar-refractivity contribution >= 4 is 11.7 Å². The minimum Gasteiger partial charge on any atom is -0.370 e. The standard InChI is InChI=1S/C13H17N5O/c1-2-14-12-6-3-5-11(17-12)13(19)15-8-10-18-9-4-7-16-18/h3-7,9H,2,8,10H2,1H3,(H,14,17)(H,15,19). The Morgan fingerprint density at radius 2 is 2.26 bits per heavy atom. The molecule has 1 amide bonds. The Hall–Kier alpha value is -2.37. The topological polar surface area (TPSA) is 71.8 Å². The van der Waals surface area contributed by atoms with Gasteiger partial charge in [0.25, 0.3) is 5.91 Å². The van der Waals surface area contributed by atoms with Crippen LogP contribution in [0, 0.1) is 0 Å². The van der Waals surface area contributed by atoms with Crippen molar-refractivity contribution < 1.29 is 4.79 Å². The monoisotopic (exact) mass is 259 g/mol. The van der Waals surface area contributed by atoms with Crippen LogP contribution in [-0.4, -0.2) is 33.8 Å². The summed E-state index contributed by atoms with van der Waals surface area (Å²) in [7, 11) is 0. The minimum atomic E-state index is -0.174. The second-order valence-electron chi connectivity index (χ2n) is 3.96. The maximum Gasteiger partial charge on any atom is 0.270 e. The molecule has 0 bridgehead atoms. The Bertz CT molecular complexity index is 524. The molecule has 0 aliphatic heterocycles. The molecule has 0 saturated heterocycles. The summed E-state index contributed by atoms with van der Waals surface area (Å²) in [6.45, 7) is 3.93. The highest BCUT2D eigenvalue weighted by Gasteiger charge is 2.06. The van der Waals surface area contributed by atoms with Gasteiger partial charge in [-0.2, -0.15) is 5.10 Å². The summed E-state index contributed by atoms with van der Waals surface area (Å²) in [5, 5.41) is 9.96. The van der Waals surface area contributed by atoms with Gasteiger partial charge in [-0.1, -0.05) is 6.07 Å². The fourth-order valence-corrected chi connectivity index (χ4v) is 1.65. The van der Waals surface area contributed by atoms with E-state index in [1.165, 1.54) is 0 Å². The van der Waals surface area contributed by atoms with Crippen molar-refractivity contribution in [2.45, 2.75) is 13.5 Å². The molecule has 2 aromatic rings. The van der Waals surface area contributed by atoms with E-state index in [4.69, 9.17) is 0 Å². The molecule has 6 nitrogen and oxygen atoms in total. The van der Waals surface area contributed by atoms with Gasteiger partial charge in [-0.25, -0.2) is 4.98 Å². The maximum atomic E-state index is 11.9. The molecular formula is C13H17N5O. The van der Waals surface area contributed by atoms with Gasteiger partial charge in [0.05, 0.1) is 6.54 Å². The second-order valence-corrected chi connectivity index (χ2v) is 3.96. The van der Waals surface area contributed by atoms with Crippen molar-refractivity contribution in [2.24, 2.45) is 0 Å². The highest BCUT2D eigenvalue weighted by molar-refractivity contribution is 5.92. The molecule has 2 N–H and O–H groups in total. The summed E-state index contributed by atoms with van der Waals surface area (Å²) >= 11 is 0. The van der Waals surface area contributed by atoms with Crippen LogP contribution in [0.1, 0.15) is 17.4 Å². The van der Waals surface area contributed by atoms with Gasteiger partial charge in [0.1, 0.15) is 11.5 Å². The summed E-state index contributed by atoms with van der Waals surface area (Å²) in [6.07, 6.45) is 3.57. The van der Waals surface area contributed by atoms with Crippen molar-refractivity contribution in [3.05, 3.63) is 42.4 Å². The van der Waals surface area contributed by atoms with E-state index >= 15 is 0 Å². The fraction of sp³-hybridized carbons (Fsp3) is 0.308. The Morgan fingerprint density at radius 3 is 3.00 bits per heavy atom. The third-order valence-electron chi connectivity index (χ3n) is 2.53. The molecule has 2 aromatic heterocycles. The van der Waals surface area contributed by atoms with E-state index < -0.39 is 0 Å². The van der Waals surface area contributed by atoms with Crippen molar-refractivity contribution in [1.82, 2.24) is 20.1 Å². The van der Waals surface area contributed by atoms with Crippen molar-refractivity contribution in [3.63, 3.8) is 0 Å². The van der Waals surface area contributed by atoms with Gasteiger partial charge < -0.3 is 10.6 Å². The molecule has 0 aliphatic carbocycles. The highest BCUT2D eigenvalue weighted by atomic mass is 16.1. The van der Waals surface area contributed by atoms with Crippen LogP contribution in [0.2, 0.25) is 0 Å². The molecule has 0 fully saturated rings.